The summed E-state index contributed by atoms with van der Waals surface area (Å²) in [6.07, 6.45) is 3.45. The van der Waals surface area contributed by atoms with E-state index in [1.54, 1.807) is 18.4 Å². The third-order valence-electron chi connectivity index (χ3n) is 4.52. The fourth-order valence-corrected chi connectivity index (χ4v) is 4.15. The lowest BCUT2D eigenvalue weighted by atomic mass is 10.1. The highest BCUT2D eigenvalue weighted by atomic mass is 127. The predicted molar refractivity (Wildman–Crippen MR) is 127 cm³/mol. The minimum absolute atomic E-state index is 0. The number of halogens is 2. The van der Waals surface area contributed by atoms with Crippen LogP contribution in [0.5, 0.6) is 0 Å². The fourth-order valence-electron chi connectivity index (χ4n) is 3.03. The molecule has 0 radical (unpaired) electrons. The van der Waals surface area contributed by atoms with Crippen molar-refractivity contribution in [2.24, 2.45) is 4.99 Å². The molecule has 0 aliphatic carbocycles. The molecule has 1 saturated heterocycles. The minimum Gasteiger partial charge on any atom is -0.356 e. The van der Waals surface area contributed by atoms with Crippen LogP contribution in [0.4, 0.5) is 5.13 Å². The van der Waals surface area contributed by atoms with Crippen molar-refractivity contribution in [1.82, 2.24) is 15.6 Å². The highest BCUT2D eigenvalue weighted by Gasteiger charge is 2.15. The van der Waals surface area contributed by atoms with Gasteiger partial charge in [0.05, 0.1) is 11.7 Å². The molecular formula is C19H27ClIN5S. The second-order valence-corrected chi connectivity index (χ2v) is 7.76. The quantitative estimate of drug-likeness (QED) is 0.336. The first-order valence-corrected chi connectivity index (χ1v) is 10.3. The smallest absolute Gasteiger partial charge is 0.191 e. The molecule has 27 heavy (non-hydrogen) atoms. The van der Waals surface area contributed by atoms with Crippen molar-refractivity contribution in [3.8, 4) is 0 Å². The van der Waals surface area contributed by atoms with E-state index in [1.165, 1.54) is 12.8 Å². The van der Waals surface area contributed by atoms with Gasteiger partial charge in [-0.2, -0.15) is 0 Å². The molecule has 1 aromatic heterocycles. The molecule has 2 N–H and O–H groups in total. The molecule has 0 spiro atoms. The summed E-state index contributed by atoms with van der Waals surface area (Å²) in [4.78, 5) is 11.5. The van der Waals surface area contributed by atoms with Crippen molar-refractivity contribution in [2.45, 2.75) is 32.2 Å². The third-order valence-corrected chi connectivity index (χ3v) is 5.70. The zero-order valence-corrected chi connectivity index (χ0v) is 19.6. The standard InChI is InChI=1S/C19H26ClN5S.HI/c1-14(15-6-5-7-16(20)12-15)23-18(21-2)22-9-8-17-13-26-19(24-17)25-10-3-4-11-25;/h5-7,12-14H,3-4,8-11H2,1-2H3,(H2,21,22,23);1H. The van der Waals surface area contributed by atoms with Gasteiger partial charge in [-0.1, -0.05) is 23.7 Å². The Kier molecular flexibility index (Phi) is 9.11. The number of aromatic nitrogens is 1. The number of anilines is 1. The molecule has 148 valence electrons. The predicted octanol–water partition coefficient (Wildman–Crippen LogP) is 4.48. The molecule has 1 aromatic carbocycles. The maximum atomic E-state index is 6.08. The maximum Gasteiger partial charge on any atom is 0.191 e. The molecule has 0 amide bonds. The summed E-state index contributed by atoms with van der Waals surface area (Å²) in [5.74, 6) is 0.785. The molecule has 2 heterocycles. The highest BCUT2D eigenvalue weighted by molar-refractivity contribution is 14.0. The molecule has 1 atom stereocenters. The number of hydrogen-bond acceptors (Lipinski definition) is 4. The number of thiazole rings is 1. The van der Waals surface area contributed by atoms with Crippen molar-refractivity contribution in [3.63, 3.8) is 0 Å². The number of nitrogens with one attached hydrogen (secondary N) is 2. The third kappa shape index (κ3) is 6.50. The van der Waals surface area contributed by atoms with Gasteiger partial charge < -0.3 is 15.5 Å². The second kappa shape index (κ2) is 11.1. The first kappa shape index (κ1) is 22.2. The number of rotatable bonds is 6. The van der Waals surface area contributed by atoms with E-state index in [2.05, 4.69) is 38.9 Å². The molecule has 5 nitrogen and oxygen atoms in total. The zero-order chi connectivity index (χ0) is 18.4. The van der Waals surface area contributed by atoms with E-state index in [9.17, 15) is 0 Å². The van der Waals surface area contributed by atoms with E-state index in [-0.39, 0.29) is 30.0 Å². The summed E-state index contributed by atoms with van der Waals surface area (Å²) in [6, 6.07) is 8.01. The Bertz CT molecular complexity index is 745. The van der Waals surface area contributed by atoms with Gasteiger partial charge in [0.2, 0.25) is 0 Å². The van der Waals surface area contributed by atoms with Crippen molar-refractivity contribution in [1.29, 1.82) is 0 Å². The van der Waals surface area contributed by atoms with E-state index in [0.717, 1.165) is 53.4 Å². The van der Waals surface area contributed by atoms with Gasteiger partial charge in [0.25, 0.3) is 0 Å². The highest BCUT2D eigenvalue weighted by Crippen LogP contribution is 2.24. The van der Waals surface area contributed by atoms with Crippen LogP contribution in [0.15, 0.2) is 34.6 Å². The molecule has 1 aliphatic rings. The normalized spacial score (nSPS) is 15.4. The number of hydrogen-bond donors (Lipinski definition) is 2. The van der Waals surface area contributed by atoms with Crippen LogP contribution in [0.3, 0.4) is 0 Å². The molecular weight excluding hydrogens is 493 g/mol. The Morgan fingerprint density at radius 1 is 1.37 bits per heavy atom. The average Bonchev–Trinajstić information content (AvgIpc) is 3.32. The molecule has 8 heteroatoms. The molecule has 1 aliphatic heterocycles. The van der Waals surface area contributed by atoms with Crippen molar-refractivity contribution in [2.75, 3.05) is 31.6 Å². The lowest BCUT2D eigenvalue weighted by Gasteiger charge is -2.18. The van der Waals surface area contributed by atoms with E-state index < -0.39 is 0 Å². The zero-order valence-electron chi connectivity index (χ0n) is 15.7. The Morgan fingerprint density at radius 2 is 2.15 bits per heavy atom. The maximum absolute atomic E-state index is 6.08. The van der Waals surface area contributed by atoms with Crippen LogP contribution in [0.25, 0.3) is 0 Å². The van der Waals surface area contributed by atoms with Gasteiger partial charge in [-0.05, 0) is 37.5 Å². The number of benzene rings is 1. The minimum atomic E-state index is 0. The fraction of sp³-hybridized carbons (Fsp3) is 0.474. The second-order valence-electron chi connectivity index (χ2n) is 6.49. The van der Waals surface area contributed by atoms with Crippen LogP contribution >= 0.6 is 46.9 Å². The van der Waals surface area contributed by atoms with Crippen LogP contribution in [-0.4, -0.2) is 37.6 Å². The number of guanidine groups is 1. The van der Waals surface area contributed by atoms with Gasteiger partial charge in [-0.3, -0.25) is 4.99 Å². The van der Waals surface area contributed by atoms with Crippen LogP contribution < -0.4 is 15.5 Å². The van der Waals surface area contributed by atoms with E-state index in [1.807, 2.05) is 18.2 Å². The summed E-state index contributed by atoms with van der Waals surface area (Å²) in [5, 5.41) is 10.8. The lowest BCUT2D eigenvalue weighted by molar-refractivity contribution is 0.683. The van der Waals surface area contributed by atoms with Crippen molar-refractivity contribution in [3.05, 3.63) is 45.9 Å². The topological polar surface area (TPSA) is 52.6 Å². The van der Waals surface area contributed by atoms with E-state index in [4.69, 9.17) is 16.6 Å². The van der Waals surface area contributed by atoms with E-state index in [0.29, 0.717) is 0 Å². The Hall–Kier alpha value is -1.06. The van der Waals surface area contributed by atoms with Crippen LogP contribution in [0.1, 0.15) is 37.1 Å². The number of nitrogens with zero attached hydrogens (tertiary/aromatic N) is 3. The monoisotopic (exact) mass is 519 g/mol. The van der Waals surface area contributed by atoms with Gasteiger partial charge in [0.15, 0.2) is 11.1 Å². The van der Waals surface area contributed by atoms with Crippen molar-refractivity contribution < 1.29 is 0 Å². The SMILES string of the molecule is CN=C(NCCc1csc(N2CCCC2)n1)NC(C)c1cccc(Cl)c1.I. The van der Waals surface area contributed by atoms with Crippen LogP contribution in [0.2, 0.25) is 5.02 Å². The van der Waals surface area contributed by atoms with Gasteiger partial charge >= 0.3 is 0 Å². The first-order chi connectivity index (χ1) is 12.7. The van der Waals surface area contributed by atoms with Gasteiger partial charge in [0, 0.05) is 43.5 Å². The summed E-state index contributed by atoms with van der Waals surface area (Å²) in [5.41, 5.74) is 2.28. The Morgan fingerprint density at radius 3 is 2.85 bits per heavy atom. The average molecular weight is 520 g/mol. The Balaban J connectivity index is 0.00000261. The summed E-state index contributed by atoms with van der Waals surface area (Å²) in [6.45, 7) is 5.18. The Labute approximate surface area is 187 Å². The van der Waals surface area contributed by atoms with Crippen LogP contribution in [0, 0.1) is 0 Å². The summed E-state index contributed by atoms with van der Waals surface area (Å²) in [7, 11) is 1.79. The summed E-state index contributed by atoms with van der Waals surface area (Å²) < 4.78 is 0. The van der Waals surface area contributed by atoms with Gasteiger partial charge in [-0.25, -0.2) is 4.98 Å². The molecule has 0 bridgehead atoms. The molecule has 1 unspecified atom stereocenters. The summed E-state index contributed by atoms with van der Waals surface area (Å²) >= 11 is 7.83. The first-order valence-electron chi connectivity index (χ1n) is 9.07. The van der Waals surface area contributed by atoms with E-state index >= 15 is 0 Å². The lowest BCUT2D eigenvalue weighted by Crippen LogP contribution is -2.39. The van der Waals surface area contributed by atoms with Gasteiger partial charge in [0.1, 0.15) is 0 Å². The molecule has 1 fully saturated rings. The van der Waals surface area contributed by atoms with Crippen molar-refractivity contribution >= 4 is 58.0 Å². The van der Waals surface area contributed by atoms with Gasteiger partial charge in [-0.15, -0.1) is 35.3 Å². The largest absolute Gasteiger partial charge is 0.356 e. The molecule has 2 aromatic rings. The molecule has 0 saturated carbocycles. The number of aliphatic imine (C=N–C) groups is 1. The van der Waals surface area contributed by atoms with Crippen LogP contribution in [-0.2, 0) is 6.42 Å². The molecule has 3 rings (SSSR count).